The zero-order valence-corrected chi connectivity index (χ0v) is 37.9. The summed E-state index contributed by atoms with van der Waals surface area (Å²) in [6, 6.07) is 0. The molecule has 1 fully saturated rings. The maximum Gasteiger partial charge on any atom is 0.446 e. The average Bonchev–Trinajstić information content (AvgIpc) is 2.85. The molecule has 0 aromatic heterocycles. The van der Waals surface area contributed by atoms with Gasteiger partial charge in [-0.2, -0.15) is 0 Å². The van der Waals surface area contributed by atoms with E-state index in [-0.39, 0.29) is 48.1 Å². The van der Waals surface area contributed by atoms with Crippen molar-refractivity contribution in [2.75, 3.05) is 0 Å². The summed E-state index contributed by atoms with van der Waals surface area (Å²) < 4.78 is 14.8. The van der Waals surface area contributed by atoms with E-state index >= 15 is 0 Å². The van der Waals surface area contributed by atoms with Crippen molar-refractivity contribution in [3.63, 3.8) is 0 Å². The zero-order chi connectivity index (χ0) is 33.6. The molecule has 242 valence electrons. The van der Waals surface area contributed by atoms with Crippen molar-refractivity contribution in [2.45, 2.75) is 213 Å². The summed E-state index contributed by atoms with van der Waals surface area (Å²) in [5.41, 5.74) is -0.622. The Bertz CT molecular complexity index is 905. The number of rotatable bonds is 4. The lowest BCUT2D eigenvalue weighted by Gasteiger charge is -2.64. The Hall–Kier alpha value is 1.07. The first-order chi connectivity index (χ1) is 17.3. The summed E-state index contributed by atoms with van der Waals surface area (Å²) in [4.78, 5) is 0. The van der Waals surface area contributed by atoms with Gasteiger partial charge in [-0.3, -0.25) is 0 Å². The van der Waals surface area contributed by atoms with E-state index in [0.29, 0.717) is 0 Å². The van der Waals surface area contributed by atoms with Gasteiger partial charge in [0.05, 0.1) is 34.0 Å². The largest absolute Gasteiger partial charge is 0.446 e. The molecule has 2 nitrogen and oxygen atoms in total. The van der Waals surface area contributed by atoms with Gasteiger partial charge in [0, 0.05) is 7.28 Å². The molecule has 41 heavy (non-hydrogen) atoms. The van der Waals surface area contributed by atoms with E-state index in [1.807, 2.05) is 0 Å². The van der Waals surface area contributed by atoms with Crippen molar-refractivity contribution in [3.05, 3.63) is 0 Å². The van der Waals surface area contributed by atoms with Crippen molar-refractivity contribution < 1.29 is 9.31 Å². The summed E-state index contributed by atoms with van der Waals surface area (Å²) in [6.45, 7) is 63.9. The van der Waals surface area contributed by atoms with E-state index in [1.165, 1.54) is 0 Å². The van der Waals surface area contributed by atoms with E-state index in [4.69, 9.17) is 9.31 Å². The third kappa shape index (κ3) is 6.26. The molecular formula is C33H75BO2Si5. The average molecular weight is 655 g/mol. The summed E-state index contributed by atoms with van der Waals surface area (Å²) in [5.74, 6) is 0. The molecule has 1 heterocycles. The van der Waals surface area contributed by atoms with E-state index in [1.54, 1.807) is 0 Å². The standard InChI is InChI=1S/C33H75BO2Si5/c1-26(2,3)39(23,27(4,5)6)37(34-35-32(19,20)33(21,22)36-34)38(40(24,28(7,8)9)29(10,11)12)41(25,30(13,14)15)31(16,17)18/h1-25H3. The van der Waals surface area contributed by atoms with Gasteiger partial charge in [0.15, 0.2) is 0 Å². The van der Waals surface area contributed by atoms with Crippen molar-refractivity contribution in [1.29, 1.82) is 0 Å². The Labute approximate surface area is 265 Å². The molecule has 0 atom stereocenters. The molecule has 0 N–H and O–H groups in total. The first-order valence-corrected chi connectivity index (χ1v) is 31.0. The summed E-state index contributed by atoms with van der Waals surface area (Å²) in [5, 5.41) is 1.55. The minimum atomic E-state index is -2.10. The minimum Gasteiger partial charge on any atom is -0.404 e. The van der Waals surface area contributed by atoms with E-state index in [9.17, 15) is 0 Å². The predicted octanol–water partition coefficient (Wildman–Crippen LogP) is 11.5. The van der Waals surface area contributed by atoms with Crippen molar-refractivity contribution in [2.24, 2.45) is 0 Å². The SMILES string of the molecule is CC1(C)OB([Si](=[Si]([Si](C)(C(C)(C)C)C(C)(C)C)[Si](C)(C(C)(C)C)C(C)(C)C)[Si](C)(C(C)(C)C)C(C)(C)C)OC1(C)C. The third-order valence-electron chi connectivity index (χ3n) is 13.3. The molecule has 1 aliphatic heterocycles. The van der Waals surface area contributed by atoms with Crippen LogP contribution in [0.15, 0.2) is 0 Å². The second kappa shape index (κ2) is 10.8. The molecule has 8 heteroatoms. The second-order valence-electron chi connectivity index (χ2n) is 21.3. The Morgan fingerprint density at radius 3 is 0.780 bits per heavy atom. The lowest BCUT2D eigenvalue weighted by Crippen LogP contribution is -2.80. The second-order valence-corrected chi connectivity index (χ2v) is 61.8. The Morgan fingerprint density at radius 2 is 0.610 bits per heavy atom. The normalized spacial score (nSPS) is 20.0. The van der Waals surface area contributed by atoms with Gasteiger partial charge in [-0.1, -0.05) is 144 Å². The molecule has 0 aromatic rings. The van der Waals surface area contributed by atoms with Crippen molar-refractivity contribution >= 4 is 43.7 Å². The van der Waals surface area contributed by atoms with Crippen LogP contribution in [0.5, 0.6) is 0 Å². The van der Waals surface area contributed by atoms with Gasteiger partial charge in [-0.25, -0.2) is 0 Å². The van der Waals surface area contributed by atoms with Crippen LogP contribution < -0.4 is 0 Å². The van der Waals surface area contributed by atoms with Crippen LogP contribution in [0.3, 0.4) is 0 Å². The maximum atomic E-state index is 7.41. The smallest absolute Gasteiger partial charge is 0.404 e. The fraction of sp³-hybridized carbons (Fsp3) is 1.00. The highest BCUT2D eigenvalue weighted by molar-refractivity contribution is 7.82. The van der Waals surface area contributed by atoms with Gasteiger partial charge >= 0.3 is 6.71 Å². The Morgan fingerprint density at radius 1 is 0.415 bits per heavy atom. The third-order valence-corrected chi connectivity index (χ3v) is 95.5. The number of hydrogen-bond acceptors (Lipinski definition) is 2. The van der Waals surface area contributed by atoms with Crippen LogP contribution in [0.2, 0.25) is 49.9 Å². The molecule has 0 amide bonds. The van der Waals surface area contributed by atoms with Crippen LogP contribution >= 0.6 is 0 Å². The van der Waals surface area contributed by atoms with Gasteiger partial charge in [0.1, 0.15) is 0 Å². The van der Waals surface area contributed by atoms with Gasteiger partial charge in [-0.15, -0.1) is 0 Å². The van der Waals surface area contributed by atoms with E-state index < -0.39 is 37.0 Å². The van der Waals surface area contributed by atoms with Gasteiger partial charge in [0.2, 0.25) is 0 Å². The molecule has 1 rings (SSSR count). The van der Waals surface area contributed by atoms with Crippen molar-refractivity contribution in [1.82, 2.24) is 0 Å². The molecule has 1 saturated heterocycles. The summed E-state index contributed by atoms with van der Waals surface area (Å²) in [6.07, 6.45) is 0. The fourth-order valence-corrected chi connectivity index (χ4v) is 134. The van der Waals surface area contributed by atoms with Crippen LogP contribution in [-0.2, 0) is 9.31 Å². The first kappa shape index (κ1) is 40.1. The summed E-state index contributed by atoms with van der Waals surface area (Å²) >= 11 is 0. The van der Waals surface area contributed by atoms with Crippen LogP contribution in [0.4, 0.5) is 0 Å². The molecule has 0 spiro atoms. The van der Waals surface area contributed by atoms with Gasteiger partial charge in [-0.05, 0) is 64.8 Å². The topological polar surface area (TPSA) is 18.5 Å². The highest BCUT2D eigenvalue weighted by Crippen LogP contribution is 2.61. The molecule has 0 bridgehead atoms. The summed E-state index contributed by atoms with van der Waals surface area (Å²) in [7, 11) is -7.37. The highest BCUT2D eigenvalue weighted by Gasteiger charge is 2.69. The molecular weight excluding hydrogens is 580 g/mol. The van der Waals surface area contributed by atoms with Crippen LogP contribution in [0, 0.1) is 0 Å². The molecule has 0 aliphatic carbocycles. The molecule has 0 aromatic carbocycles. The monoisotopic (exact) mass is 654 g/mol. The predicted molar refractivity (Wildman–Crippen MR) is 201 cm³/mol. The fourth-order valence-electron chi connectivity index (χ4n) is 8.29. The lowest BCUT2D eigenvalue weighted by atomic mass is 9.90. The van der Waals surface area contributed by atoms with E-state index in [2.05, 4.69) is 172 Å². The van der Waals surface area contributed by atoms with Crippen molar-refractivity contribution in [3.8, 4) is 0 Å². The highest BCUT2D eigenvalue weighted by atomic mass is 29.8. The Kier molecular flexibility index (Phi) is 10.6. The lowest BCUT2D eigenvalue weighted by molar-refractivity contribution is 0.00578. The van der Waals surface area contributed by atoms with Gasteiger partial charge < -0.3 is 9.31 Å². The minimum absolute atomic E-state index is 0.0537. The molecule has 0 saturated carbocycles. The first-order valence-electron chi connectivity index (χ1n) is 16.4. The molecule has 0 unspecified atom stereocenters. The molecule has 1 aliphatic rings. The van der Waals surface area contributed by atoms with Crippen LogP contribution in [0.1, 0.15) is 152 Å². The quantitative estimate of drug-likeness (QED) is 0.281. The maximum absolute atomic E-state index is 7.41. The Balaban J connectivity index is 5.08. The van der Waals surface area contributed by atoms with Crippen LogP contribution in [0.25, 0.3) is 0 Å². The van der Waals surface area contributed by atoms with Crippen LogP contribution in [-0.4, -0.2) is 54.9 Å². The molecule has 0 radical (unpaired) electrons. The van der Waals surface area contributed by atoms with Gasteiger partial charge in [0.25, 0.3) is 0 Å². The van der Waals surface area contributed by atoms with E-state index in [0.717, 1.165) is 0 Å². The number of hydrogen-bond donors (Lipinski definition) is 0. The zero-order valence-electron chi connectivity index (χ0n) is 32.9.